The highest BCUT2D eigenvalue weighted by Gasteiger charge is 1.91. The molecule has 0 aliphatic heterocycles. The molecular formula is C5H11NOS. The number of hydrogen-bond donors (Lipinski definition) is 1. The number of nitrogens with one attached hydrogen (secondary N) is 1. The lowest BCUT2D eigenvalue weighted by Gasteiger charge is -1.97. The van der Waals surface area contributed by atoms with Gasteiger partial charge in [-0.15, -0.1) is 0 Å². The molecule has 0 unspecified atom stereocenters. The molecule has 0 atom stereocenters. The zero-order chi connectivity index (χ0) is 6.41. The molecule has 0 fully saturated rings. The Morgan fingerprint density at radius 1 is 1.75 bits per heavy atom. The molecule has 0 bridgehead atoms. The lowest BCUT2D eigenvalue weighted by atomic mass is 10.3. The number of rotatable bonds is 3. The van der Waals surface area contributed by atoms with Crippen molar-refractivity contribution in [2.45, 2.75) is 19.8 Å². The topological polar surface area (TPSA) is 33.1 Å². The molecule has 0 saturated carbocycles. The van der Waals surface area contributed by atoms with E-state index in [2.05, 4.69) is 0 Å². The highest BCUT2D eigenvalue weighted by Crippen LogP contribution is 1.99. The molecule has 0 aromatic heterocycles. The summed E-state index contributed by atoms with van der Waals surface area (Å²) in [4.78, 5) is 0. The van der Waals surface area contributed by atoms with Crippen LogP contribution in [0.2, 0.25) is 0 Å². The van der Waals surface area contributed by atoms with Crippen molar-refractivity contribution in [1.29, 1.82) is 5.41 Å². The zero-order valence-electron chi connectivity index (χ0n) is 5.23. The summed E-state index contributed by atoms with van der Waals surface area (Å²) in [6, 6.07) is 0. The van der Waals surface area contributed by atoms with E-state index in [4.69, 9.17) is 9.59 Å². The third-order valence-corrected chi connectivity index (χ3v) is 1.03. The smallest absolute Gasteiger partial charge is 0.196 e. The first-order valence-electron chi connectivity index (χ1n) is 2.59. The van der Waals surface area contributed by atoms with Crippen LogP contribution >= 0.6 is 12.0 Å². The molecule has 0 spiro atoms. The first kappa shape index (κ1) is 7.82. The molecule has 0 amide bonds. The van der Waals surface area contributed by atoms with Gasteiger partial charge in [0.2, 0.25) is 0 Å². The Balaban J connectivity index is 3.06. The molecule has 0 rings (SSSR count). The second-order valence-electron chi connectivity index (χ2n) is 1.42. The quantitative estimate of drug-likeness (QED) is 0.363. The molecule has 48 valence electrons. The molecule has 0 aliphatic rings. The summed E-state index contributed by atoms with van der Waals surface area (Å²) in [5, 5.41) is 7.05. The van der Waals surface area contributed by atoms with Crippen molar-refractivity contribution in [2.24, 2.45) is 0 Å². The predicted octanol–water partition coefficient (Wildman–Crippen LogP) is 2.06. The Kier molecular flexibility index (Phi) is 4.85. The van der Waals surface area contributed by atoms with E-state index in [0.717, 1.165) is 12.8 Å². The van der Waals surface area contributed by atoms with Crippen LogP contribution < -0.4 is 0 Å². The largest absolute Gasteiger partial charge is 0.411 e. The van der Waals surface area contributed by atoms with E-state index in [0.29, 0.717) is 5.90 Å². The van der Waals surface area contributed by atoms with Crippen LogP contribution in [0.5, 0.6) is 0 Å². The second-order valence-corrected chi connectivity index (χ2v) is 1.92. The SMILES string of the molecule is CCCC(=N)OSC. The molecule has 0 radical (unpaired) electrons. The van der Waals surface area contributed by atoms with Gasteiger partial charge in [0, 0.05) is 12.7 Å². The van der Waals surface area contributed by atoms with Gasteiger partial charge in [-0.25, -0.2) is 0 Å². The molecule has 0 aromatic carbocycles. The van der Waals surface area contributed by atoms with E-state index in [1.165, 1.54) is 12.0 Å². The molecule has 8 heavy (non-hydrogen) atoms. The fraction of sp³-hybridized carbons (Fsp3) is 0.800. The van der Waals surface area contributed by atoms with Crippen LogP contribution in [-0.4, -0.2) is 12.2 Å². The summed E-state index contributed by atoms with van der Waals surface area (Å²) in [5.41, 5.74) is 0. The van der Waals surface area contributed by atoms with Gasteiger partial charge < -0.3 is 4.18 Å². The summed E-state index contributed by atoms with van der Waals surface area (Å²) >= 11 is 1.23. The van der Waals surface area contributed by atoms with E-state index >= 15 is 0 Å². The normalized spacial score (nSPS) is 8.75. The Hall–Kier alpha value is -0.180. The average Bonchev–Trinajstić information content (AvgIpc) is 1.68. The van der Waals surface area contributed by atoms with Crippen molar-refractivity contribution < 1.29 is 4.18 Å². The minimum Gasteiger partial charge on any atom is -0.411 e. The van der Waals surface area contributed by atoms with Crippen molar-refractivity contribution in [3.63, 3.8) is 0 Å². The fourth-order valence-corrected chi connectivity index (χ4v) is 0.654. The van der Waals surface area contributed by atoms with Crippen LogP contribution in [0.4, 0.5) is 0 Å². The van der Waals surface area contributed by atoms with Gasteiger partial charge in [-0.3, -0.25) is 5.41 Å². The maximum Gasteiger partial charge on any atom is 0.196 e. The van der Waals surface area contributed by atoms with Gasteiger partial charge in [-0.2, -0.15) is 0 Å². The van der Waals surface area contributed by atoms with Gasteiger partial charge in [0.1, 0.15) is 0 Å². The van der Waals surface area contributed by atoms with Crippen LogP contribution in [0.1, 0.15) is 19.8 Å². The first-order valence-corrected chi connectivity index (χ1v) is 3.74. The summed E-state index contributed by atoms with van der Waals surface area (Å²) in [6.45, 7) is 2.03. The predicted molar refractivity (Wildman–Crippen MR) is 37.2 cm³/mol. The van der Waals surface area contributed by atoms with Gasteiger partial charge in [0.05, 0.1) is 12.0 Å². The van der Waals surface area contributed by atoms with Crippen molar-refractivity contribution in [3.05, 3.63) is 0 Å². The fourth-order valence-electron chi connectivity index (χ4n) is 0.369. The lowest BCUT2D eigenvalue weighted by Crippen LogP contribution is -1.94. The molecular weight excluding hydrogens is 122 g/mol. The minimum atomic E-state index is 0.375. The molecule has 0 aliphatic carbocycles. The summed E-state index contributed by atoms with van der Waals surface area (Å²) in [5.74, 6) is 0.375. The maximum atomic E-state index is 7.05. The Labute approximate surface area is 54.3 Å². The highest BCUT2D eigenvalue weighted by atomic mass is 32.2. The number of hydrogen-bond acceptors (Lipinski definition) is 3. The molecule has 0 heterocycles. The van der Waals surface area contributed by atoms with Gasteiger partial charge in [-0.05, 0) is 6.42 Å². The van der Waals surface area contributed by atoms with Crippen molar-refractivity contribution in [2.75, 3.05) is 6.26 Å². The molecule has 1 N–H and O–H groups in total. The van der Waals surface area contributed by atoms with E-state index < -0.39 is 0 Å². The third-order valence-electron chi connectivity index (χ3n) is 0.661. The summed E-state index contributed by atoms with van der Waals surface area (Å²) in [7, 11) is 0. The van der Waals surface area contributed by atoms with Crippen LogP contribution in [0.25, 0.3) is 0 Å². The standard InChI is InChI=1S/C5H11NOS/c1-3-4-5(6)7-8-2/h6H,3-4H2,1-2H3. The Bertz CT molecular complexity index is 66.8. The third kappa shape index (κ3) is 3.99. The van der Waals surface area contributed by atoms with E-state index in [1.54, 1.807) is 0 Å². The monoisotopic (exact) mass is 133 g/mol. The summed E-state index contributed by atoms with van der Waals surface area (Å²) in [6.07, 6.45) is 3.55. The van der Waals surface area contributed by atoms with Crippen molar-refractivity contribution in [1.82, 2.24) is 0 Å². The average molecular weight is 133 g/mol. The highest BCUT2D eigenvalue weighted by molar-refractivity contribution is 7.94. The maximum absolute atomic E-state index is 7.05. The van der Waals surface area contributed by atoms with E-state index in [1.807, 2.05) is 13.2 Å². The minimum absolute atomic E-state index is 0.375. The Morgan fingerprint density at radius 2 is 2.38 bits per heavy atom. The van der Waals surface area contributed by atoms with Crippen molar-refractivity contribution >= 4 is 17.9 Å². The van der Waals surface area contributed by atoms with E-state index in [9.17, 15) is 0 Å². The zero-order valence-corrected chi connectivity index (χ0v) is 6.05. The lowest BCUT2D eigenvalue weighted by molar-refractivity contribution is 0.610. The van der Waals surface area contributed by atoms with Gasteiger partial charge in [0.25, 0.3) is 0 Å². The van der Waals surface area contributed by atoms with Gasteiger partial charge in [-0.1, -0.05) is 6.92 Å². The Morgan fingerprint density at radius 3 is 2.75 bits per heavy atom. The van der Waals surface area contributed by atoms with E-state index in [-0.39, 0.29) is 0 Å². The van der Waals surface area contributed by atoms with Crippen molar-refractivity contribution in [3.8, 4) is 0 Å². The second kappa shape index (κ2) is 4.97. The van der Waals surface area contributed by atoms with Crippen LogP contribution in [0.3, 0.4) is 0 Å². The first-order chi connectivity index (χ1) is 3.81. The van der Waals surface area contributed by atoms with Crippen LogP contribution in [-0.2, 0) is 4.18 Å². The summed E-state index contributed by atoms with van der Waals surface area (Å²) < 4.78 is 4.78. The van der Waals surface area contributed by atoms with Gasteiger partial charge in [0.15, 0.2) is 5.90 Å². The molecule has 2 nitrogen and oxygen atoms in total. The van der Waals surface area contributed by atoms with Gasteiger partial charge >= 0.3 is 0 Å². The molecule has 3 heteroatoms. The van der Waals surface area contributed by atoms with Crippen LogP contribution in [0.15, 0.2) is 0 Å². The molecule has 0 saturated heterocycles. The van der Waals surface area contributed by atoms with Crippen LogP contribution in [0, 0.1) is 5.41 Å². The molecule has 0 aromatic rings.